The van der Waals surface area contributed by atoms with Gasteiger partial charge in [-0.05, 0) is 24.1 Å². The summed E-state index contributed by atoms with van der Waals surface area (Å²) in [6, 6.07) is 5.11. The second kappa shape index (κ2) is 5.65. The largest absolute Gasteiger partial charge is 0.366 e. The number of primary amides is 1. The second-order valence-electron chi connectivity index (χ2n) is 3.23. The topological polar surface area (TPSA) is 72.2 Å². The van der Waals surface area contributed by atoms with Gasteiger partial charge in [-0.1, -0.05) is 28.9 Å². The van der Waals surface area contributed by atoms with E-state index in [1.807, 2.05) is 6.92 Å². The maximum atomic E-state index is 11.3. The van der Waals surface area contributed by atoms with Crippen LogP contribution in [-0.2, 0) is 11.2 Å². The first-order valence-electron chi connectivity index (χ1n) is 4.87. The fraction of sp³-hybridized carbons (Fsp3) is 0.273. The third-order valence-electron chi connectivity index (χ3n) is 2.19. The molecule has 86 valence electrons. The molecule has 0 heterocycles. The van der Waals surface area contributed by atoms with Crippen LogP contribution in [0.2, 0.25) is 0 Å². The summed E-state index contributed by atoms with van der Waals surface area (Å²) in [5, 5.41) is 2.93. The van der Waals surface area contributed by atoms with Gasteiger partial charge in [0.25, 0.3) is 0 Å². The fourth-order valence-electron chi connectivity index (χ4n) is 1.50. The Labute approximate surface area is 102 Å². The molecule has 0 radical (unpaired) electrons. The molecule has 0 fully saturated rings. The molecule has 1 aromatic rings. The Kier molecular flexibility index (Phi) is 4.49. The normalized spacial score (nSPS) is 9.88. The molecule has 0 spiro atoms. The minimum atomic E-state index is -0.480. The molecule has 4 nitrogen and oxygen atoms in total. The highest BCUT2D eigenvalue weighted by Gasteiger charge is 2.12. The summed E-state index contributed by atoms with van der Waals surface area (Å²) in [5.74, 6) is -0.636. The van der Waals surface area contributed by atoms with E-state index in [0.717, 1.165) is 5.56 Å². The van der Waals surface area contributed by atoms with Crippen molar-refractivity contribution < 1.29 is 9.59 Å². The van der Waals surface area contributed by atoms with E-state index < -0.39 is 5.91 Å². The molecule has 1 rings (SSSR count). The fourth-order valence-corrected chi connectivity index (χ4v) is 1.64. The zero-order valence-electron chi connectivity index (χ0n) is 8.92. The summed E-state index contributed by atoms with van der Waals surface area (Å²) in [6.45, 7) is 1.91. The lowest BCUT2D eigenvalue weighted by Gasteiger charge is -2.11. The van der Waals surface area contributed by atoms with E-state index in [1.165, 1.54) is 0 Å². The maximum absolute atomic E-state index is 11.3. The summed E-state index contributed by atoms with van der Waals surface area (Å²) >= 11 is 3.06. The van der Waals surface area contributed by atoms with E-state index >= 15 is 0 Å². The van der Waals surface area contributed by atoms with Crippen LogP contribution in [0.25, 0.3) is 0 Å². The van der Waals surface area contributed by atoms with E-state index in [0.29, 0.717) is 17.7 Å². The first-order chi connectivity index (χ1) is 7.60. The molecule has 0 saturated heterocycles. The summed E-state index contributed by atoms with van der Waals surface area (Å²) in [4.78, 5) is 22.4. The standard InChI is InChI=1S/C11H13BrN2O2/c1-2-7-8(11(13)16)4-3-5-9(7)14-10(15)6-12/h3-5H,2,6H2,1H3,(H2,13,16)(H,14,15). The number of amides is 2. The van der Waals surface area contributed by atoms with Crippen molar-refractivity contribution in [2.24, 2.45) is 5.73 Å². The molecule has 5 heteroatoms. The maximum Gasteiger partial charge on any atom is 0.249 e. The molecule has 16 heavy (non-hydrogen) atoms. The number of rotatable bonds is 4. The Bertz CT molecular complexity index is 418. The number of benzene rings is 1. The van der Waals surface area contributed by atoms with E-state index in [2.05, 4.69) is 21.2 Å². The number of carbonyl (C=O) groups is 2. The summed E-state index contributed by atoms with van der Waals surface area (Å²) in [6.07, 6.45) is 0.636. The predicted octanol–water partition coefficient (Wildman–Crippen LogP) is 1.68. The smallest absolute Gasteiger partial charge is 0.249 e. The lowest BCUT2D eigenvalue weighted by atomic mass is 10.0. The first-order valence-corrected chi connectivity index (χ1v) is 5.99. The first kappa shape index (κ1) is 12.7. The van der Waals surface area contributed by atoms with Crippen molar-refractivity contribution in [2.45, 2.75) is 13.3 Å². The lowest BCUT2D eigenvalue weighted by molar-refractivity contribution is -0.113. The highest BCUT2D eigenvalue weighted by Crippen LogP contribution is 2.20. The van der Waals surface area contributed by atoms with Gasteiger partial charge in [0, 0.05) is 11.3 Å². The van der Waals surface area contributed by atoms with Crippen LogP contribution < -0.4 is 11.1 Å². The summed E-state index contributed by atoms with van der Waals surface area (Å²) in [5.41, 5.74) is 7.12. The molecule has 0 unspecified atom stereocenters. The van der Waals surface area contributed by atoms with E-state index in [1.54, 1.807) is 18.2 Å². The van der Waals surface area contributed by atoms with Crippen LogP contribution in [0.1, 0.15) is 22.8 Å². The quantitative estimate of drug-likeness (QED) is 0.826. The number of carbonyl (C=O) groups excluding carboxylic acids is 2. The van der Waals surface area contributed by atoms with Crippen LogP contribution in [0.3, 0.4) is 0 Å². The van der Waals surface area contributed by atoms with E-state index in [9.17, 15) is 9.59 Å². The Morgan fingerprint density at radius 1 is 1.44 bits per heavy atom. The molecule has 0 atom stereocenters. The van der Waals surface area contributed by atoms with Gasteiger partial charge in [0.05, 0.1) is 5.33 Å². The highest BCUT2D eigenvalue weighted by atomic mass is 79.9. The van der Waals surface area contributed by atoms with Gasteiger partial charge >= 0.3 is 0 Å². The van der Waals surface area contributed by atoms with Crippen molar-refractivity contribution >= 4 is 33.4 Å². The van der Waals surface area contributed by atoms with Gasteiger partial charge in [0.2, 0.25) is 11.8 Å². The summed E-state index contributed by atoms with van der Waals surface area (Å²) < 4.78 is 0. The molecule has 0 saturated carbocycles. The van der Waals surface area contributed by atoms with Gasteiger partial charge in [-0.3, -0.25) is 9.59 Å². The third-order valence-corrected chi connectivity index (χ3v) is 2.70. The highest BCUT2D eigenvalue weighted by molar-refractivity contribution is 9.09. The van der Waals surface area contributed by atoms with Crippen molar-refractivity contribution in [3.8, 4) is 0 Å². The van der Waals surface area contributed by atoms with Crippen molar-refractivity contribution in [2.75, 3.05) is 10.6 Å². The number of nitrogens with one attached hydrogen (secondary N) is 1. The van der Waals surface area contributed by atoms with Crippen molar-refractivity contribution in [1.82, 2.24) is 0 Å². The number of alkyl halides is 1. The second-order valence-corrected chi connectivity index (χ2v) is 3.79. The van der Waals surface area contributed by atoms with Gasteiger partial charge in [-0.2, -0.15) is 0 Å². The molecular weight excluding hydrogens is 272 g/mol. The molecule has 0 aliphatic carbocycles. The van der Waals surface area contributed by atoms with Crippen LogP contribution in [-0.4, -0.2) is 17.1 Å². The van der Waals surface area contributed by atoms with Crippen molar-refractivity contribution in [1.29, 1.82) is 0 Å². The summed E-state index contributed by atoms with van der Waals surface area (Å²) in [7, 11) is 0. The number of hydrogen-bond donors (Lipinski definition) is 2. The minimum absolute atomic E-state index is 0.156. The minimum Gasteiger partial charge on any atom is -0.366 e. The van der Waals surface area contributed by atoms with Crippen LogP contribution in [0.15, 0.2) is 18.2 Å². The van der Waals surface area contributed by atoms with Crippen molar-refractivity contribution in [3.63, 3.8) is 0 Å². The van der Waals surface area contributed by atoms with Crippen LogP contribution in [0, 0.1) is 0 Å². The number of anilines is 1. The average Bonchev–Trinajstić information content (AvgIpc) is 2.28. The Hall–Kier alpha value is -1.36. The third kappa shape index (κ3) is 2.82. The Morgan fingerprint density at radius 3 is 2.62 bits per heavy atom. The molecule has 2 amide bonds. The zero-order chi connectivity index (χ0) is 12.1. The number of halogens is 1. The molecular formula is C11H13BrN2O2. The Balaban J connectivity index is 3.13. The Morgan fingerprint density at radius 2 is 2.12 bits per heavy atom. The van der Waals surface area contributed by atoms with Gasteiger partial charge in [0.1, 0.15) is 0 Å². The number of hydrogen-bond acceptors (Lipinski definition) is 2. The van der Waals surface area contributed by atoms with E-state index in [4.69, 9.17) is 5.73 Å². The van der Waals surface area contributed by atoms with Crippen LogP contribution in [0.4, 0.5) is 5.69 Å². The van der Waals surface area contributed by atoms with Crippen LogP contribution in [0.5, 0.6) is 0 Å². The zero-order valence-corrected chi connectivity index (χ0v) is 10.5. The van der Waals surface area contributed by atoms with Gasteiger partial charge in [-0.15, -0.1) is 0 Å². The van der Waals surface area contributed by atoms with E-state index in [-0.39, 0.29) is 11.2 Å². The monoisotopic (exact) mass is 284 g/mol. The van der Waals surface area contributed by atoms with Crippen molar-refractivity contribution in [3.05, 3.63) is 29.3 Å². The lowest BCUT2D eigenvalue weighted by Crippen LogP contribution is -2.18. The molecule has 1 aromatic carbocycles. The predicted molar refractivity (Wildman–Crippen MR) is 66.8 cm³/mol. The van der Waals surface area contributed by atoms with Crippen LogP contribution >= 0.6 is 15.9 Å². The molecule has 0 bridgehead atoms. The average molecular weight is 285 g/mol. The van der Waals surface area contributed by atoms with Gasteiger partial charge < -0.3 is 11.1 Å². The van der Waals surface area contributed by atoms with Gasteiger partial charge in [0.15, 0.2) is 0 Å². The molecule has 0 aromatic heterocycles. The van der Waals surface area contributed by atoms with Gasteiger partial charge in [-0.25, -0.2) is 0 Å². The SMILES string of the molecule is CCc1c(NC(=O)CBr)cccc1C(N)=O. The molecule has 3 N–H and O–H groups in total. The number of nitrogens with two attached hydrogens (primary N) is 1. The molecule has 0 aliphatic heterocycles. The molecule has 0 aliphatic rings.